The van der Waals surface area contributed by atoms with E-state index in [-0.39, 0.29) is 19.3 Å². The van der Waals surface area contributed by atoms with E-state index in [9.17, 15) is 39.5 Å². The van der Waals surface area contributed by atoms with Gasteiger partial charge in [0.05, 0.1) is 12.3 Å². The molecule has 2 aliphatic carbocycles. The molecule has 0 nitrogen and oxygen atoms in total. The van der Waals surface area contributed by atoms with E-state index in [4.69, 9.17) is 0 Å². The minimum absolute atomic E-state index is 0.0513. The molecule has 0 radical (unpaired) electrons. The highest BCUT2D eigenvalue weighted by atomic mass is 19.4. The Morgan fingerprint density at radius 3 is 1.87 bits per heavy atom. The van der Waals surface area contributed by atoms with Crippen LogP contribution in [-0.2, 0) is 0 Å². The van der Waals surface area contributed by atoms with Crippen molar-refractivity contribution in [2.45, 2.75) is 50.1 Å². The van der Waals surface area contributed by atoms with Crippen molar-refractivity contribution in [2.75, 3.05) is 0 Å². The summed E-state index contributed by atoms with van der Waals surface area (Å²) in [6, 6.07) is 0. The molecule has 1 saturated carbocycles. The number of halogens is 9. The van der Waals surface area contributed by atoms with Crippen LogP contribution < -0.4 is 0 Å². The first-order valence-electron chi connectivity index (χ1n) is 7.07. The molecule has 0 spiro atoms. The standard InChI is InChI=1S/C14H15F9/c1-7(13(19,20)14(21,22)23)11(15,16)6-12(17,18)10-5-8-2-3-9(10)4-8/h2-3,7-10H,4-6H2,1H3. The van der Waals surface area contributed by atoms with Gasteiger partial charge in [0.15, 0.2) is 0 Å². The molecule has 0 N–H and O–H groups in total. The molecule has 134 valence electrons. The average Bonchev–Trinajstić information content (AvgIpc) is 2.97. The number of hydrogen-bond acceptors (Lipinski definition) is 0. The number of allylic oxidation sites excluding steroid dienone is 2. The summed E-state index contributed by atoms with van der Waals surface area (Å²) in [6.45, 7) is -0.0513. The van der Waals surface area contributed by atoms with Gasteiger partial charge < -0.3 is 0 Å². The normalized spacial score (nSPS) is 30.1. The Balaban J connectivity index is 2.15. The second kappa shape index (κ2) is 5.31. The summed E-state index contributed by atoms with van der Waals surface area (Å²) in [5.74, 6) is -20.4. The second-order valence-corrected chi connectivity index (χ2v) is 6.43. The van der Waals surface area contributed by atoms with E-state index in [1.54, 1.807) is 6.08 Å². The average molecular weight is 354 g/mol. The molecule has 4 unspecified atom stereocenters. The van der Waals surface area contributed by atoms with Crippen LogP contribution in [-0.4, -0.2) is 23.9 Å². The van der Waals surface area contributed by atoms with Gasteiger partial charge in [-0.25, -0.2) is 17.6 Å². The molecule has 0 amide bonds. The van der Waals surface area contributed by atoms with Crippen LogP contribution in [0.5, 0.6) is 0 Å². The summed E-state index contributed by atoms with van der Waals surface area (Å²) in [5.41, 5.74) is 0. The lowest BCUT2D eigenvalue weighted by atomic mass is 9.82. The van der Waals surface area contributed by atoms with Crippen LogP contribution in [0, 0.1) is 23.7 Å². The van der Waals surface area contributed by atoms with Gasteiger partial charge in [0.25, 0.3) is 11.8 Å². The first-order valence-corrected chi connectivity index (χ1v) is 7.07. The predicted molar refractivity (Wildman–Crippen MR) is 63.5 cm³/mol. The lowest BCUT2D eigenvalue weighted by Crippen LogP contribution is -2.52. The van der Waals surface area contributed by atoms with Crippen LogP contribution in [0.1, 0.15) is 26.2 Å². The Morgan fingerprint density at radius 1 is 0.913 bits per heavy atom. The first kappa shape index (κ1) is 18.4. The fourth-order valence-corrected chi connectivity index (χ4v) is 3.38. The maximum absolute atomic E-state index is 14.1. The van der Waals surface area contributed by atoms with Crippen LogP contribution in [0.2, 0.25) is 0 Å². The van der Waals surface area contributed by atoms with Gasteiger partial charge in [-0.05, 0) is 24.7 Å². The summed E-state index contributed by atoms with van der Waals surface area (Å²) < 4.78 is 118. The largest absolute Gasteiger partial charge is 0.453 e. The van der Waals surface area contributed by atoms with Gasteiger partial charge in [-0.15, -0.1) is 0 Å². The van der Waals surface area contributed by atoms with Crippen molar-refractivity contribution in [3.05, 3.63) is 12.2 Å². The van der Waals surface area contributed by atoms with Crippen LogP contribution in [0.25, 0.3) is 0 Å². The maximum atomic E-state index is 14.1. The van der Waals surface area contributed by atoms with Gasteiger partial charge in [-0.3, -0.25) is 0 Å². The molecular formula is C14H15F9. The topological polar surface area (TPSA) is 0 Å². The third-order valence-electron chi connectivity index (χ3n) is 4.85. The van der Waals surface area contributed by atoms with Crippen LogP contribution in [0.3, 0.4) is 0 Å². The molecule has 0 aromatic rings. The van der Waals surface area contributed by atoms with E-state index >= 15 is 0 Å². The van der Waals surface area contributed by atoms with Gasteiger partial charge >= 0.3 is 12.1 Å². The summed E-state index contributed by atoms with van der Waals surface area (Å²) >= 11 is 0. The minimum atomic E-state index is -6.22. The maximum Gasteiger partial charge on any atom is 0.453 e. The molecule has 0 aromatic carbocycles. The molecule has 0 heterocycles. The van der Waals surface area contributed by atoms with Crippen LogP contribution in [0.4, 0.5) is 39.5 Å². The van der Waals surface area contributed by atoms with E-state index in [2.05, 4.69) is 0 Å². The molecule has 9 heteroatoms. The molecule has 2 aliphatic rings. The molecule has 0 aliphatic heterocycles. The summed E-state index contributed by atoms with van der Waals surface area (Å²) in [4.78, 5) is 0. The highest BCUT2D eigenvalue weighted by molar-refractivity contribution is 5.13. The molecule has 2 rings (SSSR count). The Kier molecular flexibility index (Phi) is 4.26. The van der Waals surface area contributed by atoms with Crippen molar-refractivity contribution in [3.8, 4) is 0 Å². The Hall–Kier alpha value is -0.890. The highest BCUT2D eigenvalue weighted by Crippen LogP contribution is 2.55. The third kappa shape index (κ3) is 3.20. The number of hydrogen-bond donors (Lipinski definition) is 0. The van der Waals surface area contributed by atoms with Gasteiger partial charge in [0, 0.05) is 5.92 Å². The molecule has 4 atom stereocenters. The van der Waals surface area contributed by atoms with Gasteiger partial charge in [-0.1, -0.05) is 19.1 Å². The van der Waals surface area contributed by atoms with Crippen LogP contribution in [0.15, 0.2) is 12.2 Å². The SMILES string of the molecule is CC(C(F)(F)CC(F)(F)C1CC2C=CC1C2)C(F)(F)C(F)(F)F. The molecule has 2 bridgehead atoms. The molecule has 1 fully saturated rings. The summed E-state index contributed by atoms with van der Waals surface area (Å²) in [5, 5.41) is 0. The number of rotatable bonds is 5. The third-order valence-corrected chi connectivity index (χ3v) is 4.85. The molecule has 0 saturated heterocycles. The van der Waals surface area contributed by atoms with Gasteiger partial charge in [0.1, 0.15) is 0 Å². The zero-order chi connectivity index (χ0) is 17.8. The van der Waals surface area contributed by atoms with E-state index in [1.165, 1.54) is 6.08 Å². The van der Waals surface area contributed by atoms with Crippen molar-refractivity contribution in [3.63, 3.8) is 0 Å². The zero-order valence-corrected chi connectivity index (χ0v) is 12.0. The van der Waals surface area contributed by atoms with E-state index in [0.717, 1.165) is 0 Å². The molecule has 23 heavy (non-hydrogen) atoms. The van der Waals surface area contributed by atoms with Gasteiger partial charge in [0.2, 0.25) is 0 Å². The smallest absolute Gasteiger partial charge is 0.206 e. The Bertz CT molecular complexity index is 477. The number of fused-ring (bicyclic) bond motifs is 2. The van der Waals surface area contributed by atoms with Gasteiger partial charge in [-0.2, -0.15) is 22.0 Å². The summed E-state index contributed by atoms with van der Waals surface area (Å²) in [7, 11) is 0. The van der Waals surface area contributed by atoms with Crippen molar-refractivity contribution in [2.24, 2.45) is 23.7 Å². The number of alkyl halides is 9. The first-order chi connectivity index (χ1) is 10.2. The van der Waals surface area contributed by atoms with Crippen molar-refractivity contribution in [1.29, 1.82) is 0 Å². The molecule has 0 aromatic heterocycles. The van der Waals surface area contributed by atoms with E-state index in [1.807, 2.05) is 0 Å². The van der Waals surface area contributed by atoms with E-state index in [0.29, 0.717) is 6.42 Å². The zero-order valence-electron chi connectivity index (χ0n) is 12.0. The Morgan fingerprint density at radius 2 is 1.48 bits per heavy atom. The van der Waals surface area contributed by atoms with Crippen molar-refractivity contribution >= 4 is 0 Å². The van der Waals surface area contributed by atoms with E-state index < -0.39 is 48.1 Å². The lowest BCUT2D eigenvalue weighted by molar-refractivity contribution is -0.329. The minimum Gasteiger partial charge on any atom is -0.206 e. The fraction of sp³-hybridized carbons (Fsp3) is 0.857. The molecular weight excluding hydrogens is 339 g/mol. The Labute approximate surface area is 126 Å². The highest BCUT2D eigenvalue weighted by Gasteiger charge is 2.68. The lowest BCUT2D eigenvalue weighted by Gasteiger charge is -2.36. The van der Waals surface area contributed by atoms with Crippen molar-refractivity contribution in [1.82, 2.24) is 0 Å². The fourth-order valence-electron chi connectivity index (χ4n) is 3.38. The van der Waals surface area contributed by atoms with Crippen LogP contribution >= 0.6 is 0 Å². The second-order valence-electron chi connectivity index (χ2n) is 6.43. The quantitative estimate of drug-likeness (QED) is 0.439. The predicted octanol–water partition coefficient (Wildman–Crippen LogP) is 5.69. The van der Waals surface area contributed by atoms with Crippen molar-refractivity contribution < 1.29 is 39.5 Å². The summed E-state index contributed by atoms with van der Waals surface area (Å²) in [6.07, 6.45) is -5.06. The monoisotopic (exact) mass is 354 g/mol.